The van der Waals surface area contributed by atoms with Gasteiger partial charge in [-0.25, -0.2) is 4.68 Å². The van der Waals surface area contributed by atoms with E-state index in [1.54, 1.807) is 25.1 Å². The number of nitrogens with one attached hydrogen (secondary N) is 1. The molecule has 0 bridgehead atoms. The number of nitrogens with zero attached hydrogens (tertiary/aromatic N) is 3. The van der Waals surface area contributed by atoms with Gasteiger partial charge in [0.25, 0.3) is 11.6 Å². The quantitative estimate of drug-likeness (QED) is 0.614. The maximum atomic E-state index is 11.9. The highest BCUT2D eigenvalue weighted by Crippen LogP contribution is 2.21. The van der Waals surface area contributed by atoms with Crippen molar-refractivity contribution in [1.82, 2.24) is 15.1 Å². The minimum atomic E-state index is -0.500. The van der Waals surface area contributed by atoms with Crippen molar-refractivity contribution in [1.29, 1.82) is 0 Å². The largest absolute Gasteiger partial charge is 0.396 e. The zero-order valence-electron chi connectivity index (χ0n) is 12.0. The number of benzene rings is 1. The molecule has 0 aliphatic heterocycles. The van der Waals surface area contributed by atoms with Crippen LogP contribution in [0.15, 0.2) is 36.5 Å². The molecule has 0 aliphatic carbocycles. The summed E-state index contributed by atoms with van der Waals surface area (Å²) >= 11 is 0. The first-order valence-corrected chi connectivity index (χ1v) is 6.71. The Balaban J connectivity index is 2.18. The van der Waals surface area contributed by atoms with Gasteiger partial charge in [-0.05, 0) is 18.1 Å². The maximum Gasteiger partial charge on any atom is 0.294 e. The van der Waals surface area contributed by atoms with Gasteiger partial charge in [-0.1, -0.05) is 19.1 Å². The van der Waals surface area contributed by atoms with E-state index in [2.05, 4.69) is 10.4 Å². The summed E-state index contributed by atoms with van der Waals surface area (Å²) < 4.78 is 1.29. The Kier molecular flexibility index (Phi) is 4.84. The van der Waals surface area contributed by atoms with E-state index in [9.17, 15) is 14.9 Å². The van der Waals surface area contributed by atoms with Crippen molar-refractivity contribution in [2.75, 3.05) is 13.2 Å². The highest BCUT2D eigenvalue weighted by molar-refractivity contribution is 5.92. The fourth-order valence-corrected chi connectivity index (χ4v) is 1.81. The number of nitro groups is 1. The number of amides is 1. The molecular formula is C14H16N4O4. The zero-order chi connectivity index (χ0) is 16.1. The van der Waals surface area contributed by atoms with E-state index >= 15 is 0 Å². The second kappa shape index (κ2) is 6.81. The molecule has 1 amide bonds. The fourth-order valence-electron chi connectivity index (χ4n) is 1.81. The molecule has 0 radical (unpaired) electrons. The molecule has 1 heterocycles. The van der Waals surface area contributed by atoms with Crippen LogP contribution in [0.25, 0.3) is 5.69 Å². The zero-order valence-corrected chi connectivity index (χ0v) is 12.0. The van der Waals surface area contributed by atoms with Crippen LogP contribution >= 0.6 is 0 Å². The lowest BCUT2D eigenvalue weighted by Gasteiger charge is -2.08. The van der Waals surface area contributed by atoms with Crippen LogP contribution in [-0.2, 0) is 0 Å². The second-order valence-electron chi connectivity index (χ2n) is 4.89. The van der Waals surface area contributed by atoms with E-state index in [1.165, 1.54) is 23.0 Å². The SMILES string of the molecule is CC(CO)CNC(=O)c1ccn(-c2ccccc2[N+](=O)[O-])n1. The number of carbonyl (C=O) groups excluding carboxylic acids is 1. The number of carbonyl (C=O) groups is 1. The molecule has 1 atom stereocenters. The number of aromatic nitrogens is 2. The van der Waals surface area contributed by atoms with Gasteiger partial charge in [0.05, 0.1) is 4.92 Å². The van der Waals surface area contributed by atoms with E-state index in [-0.39, 0.29) is 29.6 Å². The molecule has 2 rings (SSSR count). The summed E-state index contributed by atoms with van der Waals surface area (Å²) in [4.78, 5) is 22.4. The van der Waals surface area contributed by atoms with Gasteiger partial charge in [-0.15, -0.1) is 0 Å². The van der Waals surface area contributed by atoms with Gasteiger partial charge in [0.2, 0.25) is 0 Å². The van der Waals surface area contributed by atoms with E-state index < -0.39 is 10.8 Å². The summed E-state index contributed by atoms with van der Waals surface area (Å²) in [6, 6.07) is 7.64. The van der Waals surface area contributed by atoms with Gasteiger partial charge >= 0.3 is 0 Å². The van der Waals surface area contributed by atoms with Crippen LogP contribution in [0.2, 0.25) is 0 Å². The van der Waals surface area contributed by atoms with Crippen LogP contribution in [0.4, 0.5) is 5.69 Å². The summed E-state index contributed by atoms with van der Waals surface area (Å²) in [5, 5.41) is 26.6. The lowest BCUT2D eigenvalue weighted by Crippen LogP contribution is -2.29. The number of para-hydroxylation sites is 2. The molecule has 8 heteroatoms. The normalized spacial score (nSPS) is 11.9. The van der Waals surface area contributed by atoms with Crippen molar-refractivity contribution in [3.05, 3.63) is 52.3 Å². The highest BCUT2D eigenvalue weighted by Gasteiger charge is 2.17. The Labute approximate surface area is 126 Å². The first-order chi connectivity index (χ1) is 10.5. The third kappa shape index (κ3) is 3.47. The van der Waals surface area contributed by atoms with Crippen molar-refractivity contribution in [3.8, 4) is 5.69 Å². The molecule has 0 aliphatic rings. The Morgan fingerprint density at radius 2 is 2.18 bits per heavy atom. The average molecular weight is 304 g/mol. The van der Waals surface area contributed by atoms with Gasteiger partial charge in [-0.2, -0.15) is 5.10 Å². The van der Waals surface area contributed by atoms with E-state index in [0.29, 0.717) is 6.54 Å². The monoisotopic (exact) mass is 304 g/mol. The number of aliphatic hydroxyl groups excluding tert-OH is 1. The van der Waals surface area contributed by atoms with E-state index in [0.717, 1.165) is 0 Å². The van der Waals surface area contributed by atoms with Crippen LogP contribution in [0.3, 0.4) is 0 Å². The molecule has 8 nitrogen and oxygen atoms in total. The van der Waals surface area contributed by atoms with Crippen LogP contribution < -0.4 is 5.32 Å². The highest BCUT2D eigenvalue weighted by atomic mass is 16.6. The predicted octanol–water partition coefficient (Wildman–Crippen LogP) is 1.14. The van der Waals surface area contributed by atoms with Gasteiger partial charge in [0.15, 0.2) is 5.69 Å². The molecular weight excluding hydrogens is 288 g/mol. The Morgan fingerprint density at radius 3 is 2.86 bits per heavy atom. The van der Waals surface area contributed by atoms with Crippen molar-refractivity contribution < 1.29 is 14.8 Å². The lowest BCUT2D eigenvalue weighted by molar-refractivity contribution is -0.384. The Bertz CT molecular complexity index is 683. The molecule has 0 saturated carbocycles. The molecule has 0 saturated heterocycles. The smallest absolute Gasteiger partial charge is 0.294 e. The third-order valence-electron chi connectivity index (χ3n) is 3.07. The fraction of sp³-hybridized carbons (Fsp3) is 0.286. The summed E-state index contributed by atoms with van der Waals surface area (Å²) in [5.41, 5.74) is 0.352. The van der Waals surface area contributed by atoms with Crippen LogP contribution in [0.1, 0.15) is 17.4 Å². The minimum Gasteiger partial charge on any atom is -0.396 e. The molecule has 1 aromatic heterocycles. The molecule has 1 unspecified atom stereocenters. The summed E-state index contributed by atoms with van der Waals surface area (Å²) in [7, 11) is 0. The van der Waals surface area contributed by atoms with Crippen LogP contribution in [-0.4, -0.2) is 38.9 Å². The Hall–Kier alpha value is -2.74. The van der Waals surface area contributed by atoms with Gasteiger partial charge < -0.3 is 10.4 Å². The summed E-state index contributed by atoms with van der Waals surface area (Å²) in [6.07, 6.45) is 1.49. The van der Waals surface area contributed by atoms with E-state index in [4.69, 9.17) is 5.11 Å². The molecule has 22 heavy (non-hydrogen) atoms. The van der Waals surface area contributed by atoms with Gasteiger partial charge in [0, 0.05) is 25.4 Å². The van der Waals surface area contributed by atoms with Crippen LogP contribution in [0.5, 0.6) is 0 Å². The molecule has 2 N–H and O–H groups in total. The molecule has 1 aromatic carbocycles. The number of aliphatic hydroxyl groups is 1. The average Bonchev–Trinajstić information content (AvgIpc) is 3.02. The van der Waals surface area contributed by atoms with Crippen molar-refractivity contribution in [2.45, 2.75) is 6.92 Å². The molecule has 2 aromatic rings. The first kappa shape index (κ1) is 15.6. The van der Waals surface area contributed by atoms with Crippen molar-refractivity contribution in [2.24, 2.45) is 5.92 Å². The number of hydrogen-bond acceptors (Lipinski definition) is 5. The lowest BCUT2D eigenvalue weighted by atomic mass is 10.2. The third-order valence-corrected chi connectivity index (χ3v) is 3.07. The Morgan fingerprint density at radius 1 is 1.45 bits per heavy atom. The van der Waals surface area contributed by atoms with Crippen molar-refractivity contribution >= 4 is 11.6 Å². The maximum absolute atomic E-state index is 11.9. The second-order valence-corrected chi connectivity index (χ2v) is 4.89. The standard InChI is InChI=1S/C14H16N4O4/c1-10(9-19)8-15-14(20)11-6-7-17(16-11)12-4-2-3-5-13(12)18(21)22/h2-7,10,19H,8-9H2,1H3,(H,15,20). The minimum absolute atomic E-state index is 0.0229. The predicted molar refractivity (Wildman–Crippen MR) is 78.8 cm³/mol. The summed E-state index contributed by atoms with van der Waals surface area (Å²) in [5.74, 6) is -0.445. The molecule has 0 spiro atoms. The number of hydrogen-bond donors (Lipinski definition) is 2. The summed E-state index contributed by atoms with van der Waals surface area (Å²) in [6.45, 7) is 2.10. The first-order valence-electron chi connectivity index (χ1n) is 6.71. The topological polar surface area (TPSA) is 110 Å². The molecule has 116 valence electrons. The van der Waals surface area contributed by atoms with Gasteiger partial charge in [0.1, 0.15) is 5.69 Å². The van der Waals surface area contributed by atoms with E-state index in [1.807, 2.05) is 0 Å². The number of nitro benzene ring substituents is 1. The molecule has 0 fully saturated rings. The van der Waals surface area contributed by atoms with Crippen molar-refractivity contribution in [3.63, 3.8) is 0 Å². The number of rotatable bonds is 6. The van der Waals surface area contributed by atoms with Crippen LogP contribution in [0, 0.1) is 16.0 Å². The van der Waals surface area contributed by atoms with Gasteiger partial charge in [-0.3, -0.25) is 14.9 Å².